The van der Waals surface area contributed by atoms with Gasteiger partial charge in [0.25, 0.3) is 0 Å². The van der Waals surface area contributed by atoms with Crippen LogP contribution in [-0.2, 0) is 11.3 Å². The number of methoxy groups -OCH3 is 1. The molecular weight excluding hydrogens is 394 g/mol. The van der Waals surface area contributed by atoms with E-state index < -0.39 is 0 Å². The summed E-state index contributed by atoms with van der Waals surface area (Å²) in [6.07, 6.45) is 1.63. The number of nitrogens with one attached hydrogen (secondary N) is 1. The zero-order valence-electron chi connectivity index (χ0n) is 15.0. The van der Waals surface area contributed by atoms with Crippen LogP contribution in [0.5, 0.6) is 5.75 Å². The molecule has 0 spiro atoms. The first-order valence-corrected chi connectivity index (χ1v) is 10.3. The number of ether oxygens (including phenoxy) is 1. The molecule has 0 saturated carbocycles. The van der Waals surface area contributed by atoms with Crippen LogP contribution in [0.1, 0.15) is 5.01 Å². The average molecular weight is 412 g/mol. The molecular formula is C19H17N5O2S2. The molecule has 7 nitrogen and oxygen atoms in total. The molecule has 0 unspecified atom stereocenters. The van der Waals surface area contributed by atoms with E-state index in [1.165, 1.54) is 11.8 Å². The number of carbonyl (C=O) groups is 1. The maximum absolute atomic E-state index is 12.2. The van der Waals surface area contributed by atoms with E-state index in [0.29, 0.717) is 11.7 Å². The average Bonchev–Trinajstić information content (AvgIpc) is 3.37. The summed E-state index contributed by atoms with van der Waals surface area (Å²) in [5.74, 6) is 0.952. The van der Waals surface area contributed by atoms with Crippen LogP contribution in [0, 0.1) is 0 Å². The molecule has 0 saturated heterocycles. The van der Waals surface area contributed by atoms with Gasteiger partial charge < -0.3 is 10.1 Å². The van der Waals surface area contributed by atoms with Gasteiger partial charge in [0.05, 0.1) is 29.6 Å². The van der Waals surface area contributed by atoms with Crippen LogP contribution in [0.3, 0.4) is 0 Å². The van der Waals surface area contributed by atoms with Crippen molar-refractivity contribution in [3.8, 4) is 11.4 Å². The molecule has 0 bridgehead atoms. The van der Waals surface area contributed by atoms with Gasteiger partial charge in [0.1, 0.15) is 17.1 Å². The third kappa shape index (κ3) is 4.15. The van der Waals surface area contributed by atoms with Crippen molar-refractivity contribution in [1.29, 1.82) is 0 Å². The maximum Gasteiger partial charge on any atom is 0.230 e. The second kappa shape index (κ2) is 8.41. The van der Waals surface area contributed by atoms with Gasteiger partial charge in [-0.3, -0.25) is 9.36 Å². The molecule has 2 aromatic heterocycles. The number of hydrogen-bond acceptors (Lipinski definition) is 7. The van der Waals surface area contributed by atoms with Gasteiger partial charge in [0.2, 0.25) is 5.91 Å². The molecule has 142 valence electrons. The van der Waals surface area contributed by atoms with E-state index in [4.69, 9.17) is 4.74 Å². The summed E-state index contributed by atoms with van der Waals surface area (Å²) in [6.45, 7) is 0.421. The summed E-state index contributed by atoms with van der Waals surface area (Å²) < 4.78 is 8.13. The first-order chi connectivity index (χ1) is 13.7. The van der Waals surface area contributed by atoms with Crippen molar-refractivity contribution in [3.05, 3.63) is 59.9 Å². The van der Waals surface area contributed by atoms with Gasteiger partial charge in [-0.05, 0) is 36.4 Å². The van der Waals surface area contributed by atoms with E-state index >= 15 is 0 Å². The second-order valence-electron chi connectivity index (χ2n) is 5.82. The Morgan fingerprint density at radius 3 is 2.82 bits per heavy atom. The van der Waals surface area contributed by atoms with Crippen LogP contribution in [0.15, 0.2) is 60.0 Å². The van der Waals surface area contributed by atoms with Crippen LogP contribution in [0.2, 0.25) is 0 Å². The number of para-hydroxylation sites is 1. The summed E-state index contributed by atoms with van der Waals surface area (Å²) in [7, 11) is 1.63. The summed E-state index contributed by atoms with van der Waals surface area (Å²) in [4.78, 5) is 16.8. The zero-order chi connectivity index (χ0) is 19.3. The second-order valence-corrected chi connectivity index (χ2v) is 7.88. The Hall–Kier alpha value is -2.91. The normalized spacial score (nSPS) is 10.9. The minimum absolute atomic E-state index is 0.0754. The van der Waals surface area contributed by atoms with Crippen LogP contribution < -0.4 is 10.1 Å². The van der Waals surface area contributed by atoms with E-state index in [2.05, 4.69) is 20.5 Å². The molecule has 28 heavy (non-hydrogen) atoms. The fraction of sp³-hybridized carbons (Fsp3) is 0.158. The number of fused-ring (bicyclic) bond motifs is 1. The van der Waals surface area contributed by atoms with Crippen molar-refractivity contribution >= 4 is 39.2 Å². The van der Waals surface area contributed by atoms with E-state index in [-0.39, 0.29) is 11.7 Å². The lowest BCUT2D eigenvalue weighted by atomic mass is 10.3. The molecule has 2 aromatic carbocycles. The predicted octanol–water partition coefficient (Wildman–Crippen LogP) is 3.29. The number of aromatic nitrogens is 4. The highest BCUT2D eigenvalue weighted by atomic mass is 32.2. The first kappa shape index (κ1) is 18.5. The van der Waals surface area contributed by atoms with Crippen molar-refractivity contribution in [3.63, 3.8) is 0 Å². The Morgan fingerprint density at radius 1 is 1.21 bits per heavy atom. The summed E-state index contributed by atoms with van der Waals surface area (Å²) in [5.41, 5.74) is 1.86. The Bertz CT molecular complexity index is 1060. The number of thiazole rings is 1. The molecule has 2 heterocycles. The summed E-state index contributed by atoms with van der Waals surface area (Å²) in [6, 6.07) is 15.5. The van der Waals surface area contributed by atoms with Gasteiger partial charge in [0.15, 0.2) is 5.16 Å². The van der Waals surface area contributed by atoms with Gasteiger partial charge in [-0.25, -0.2) is 4.98 Å². The SMILES string of the molecule is COc1ccc(-n2cnnc2SCC(=O)NCc2nc3ccccc3s2)cc1. The summed E-state index contributed by atoms with van der Waals surface area (Å²) >= 11 is 2.92. The lowest BCUT2D eigenvalue weighted by Crippen LogP contribution is -2.24. The van der Waals surface area contributed by atoms with E-state index in [0.717, 1.165) is 26.7 Å². The van der Waals surface area contributed by atoms with Crippen LogP contribution in [0.4, 0.5) is 0 Å². The number of thioether (sulfide) groups is 1. The lowest BCUT2D eigenvalue weighted by Gasteiger charge is -2.07. The first-order valence-electron chi connectivity index (χ1n) is 8.51. The number of rotatable bonds is 7. The topological polar surface area (TPSA) is 81.9 Å². The van der Waals surface area contributed by atoms with Gasteiger partial charge in [0, 0.05) is 5.69 Å². The van der Waals surface area contributed by atoms with E-state index in [9.17, 15) is 4.79 Å². The van der Waals surface area contributed by atoms with Crippen molar-refractivity contribution in [2.24, 2.45) is 0 Å². The molecule has 9 heteroatoms. The van der Waals surface area contributed by atoms with Crippen molar-refractivity contribution in [1.82, 2.24) is 25.1 Å². The maximum atomic E-state index is 12.2. The van der Waals surface area contributed by atoms with Crippen LogP contribution in [0.25, 0.3) is 15.9 Å². The molecule has 0 atom stereocenters. The number of hydrogen-bond donors (Lipinski definition) is 1. The third-order valence-electron chi connectivity index (χ3n) is 3.97. The molecule has 0 aliphatic carbocycles. The monoisotopic (exact) mass is 411 g/mol. The molecule has 0 aliphatic heterocycles. The largest absolute Gasteiger partial charge is 0.497 e. The standard InChI is InChI=1S/C19H17N5O2S2/c1-26-14-8-6-13(7-9-14)24-12-21-23-19(24)27-11-17(25)20-10-18-22-15-4-2-3-5-16(15)28-18/h2-9,12H,10-11H2,1H3,(H,20,25). The molecule has 0 fully saturated rings. The highest BCUT2D eigenvalue weighted by Gasteiger charge is 2.11. The number of benzene rings is 2. The van der Waals surface area contributed by atoms with Crippen LogP contribution in [-0.4, -0.2) is 38.5 Å². The highest BCUT2D eigenvalue weighted by molar-refractivity contribution is 7.99. The molecule has 1 amide bonds. The molecule has 4 aromatic rings. The van der Waals surface area contributed by atoms with E-state index in [1.807, 2.05) is 53.1 Å². The predicted molar refractivity (Wildman–Crippen MR) is 110 cm³/mol. The van der Waals surface area contributed by atoms with E-state index in [1.54, 1.807) is 24.8 Å². The Morgan fingerprint density at radius 2 is 2.04 bits per heavy atom. The molecule has 4 rings (SSSR count). The molecule has 0 radical (unpaired) electrons. The van der Waals surface area contributed by atoms with Crippen molar-refractivity contribution in [2.45, 2.75) is 11.7 Å². The Labute approximate surface area is 169 Å². The van der Waals surface area contributed by atoms with Crippen molar-refractivity contribution in [2.75, 3.05) is 12.9 Å². The number of nitrogens with zero attached hydrogens (tertiary/aromatic N) is 4. The molecule has 0 aliphatic rings. The highest BCUT2D eigenvalue weighted by Crippen LogP contribution is 2.22. The van der Waals surface area contributed by atoms with Gasteiger partial charge in [-0.15, -0.1) is 21.5 Å². The fourth-order valence-electron chi connectivity index (χ4n) is 2.59. The zero-order valence-corrected chi connectivity index (χ0v) is 16.7. The smallest absolute Gasteiger partial charge is 0.230 e. The minimum Gasteiger partial charge on any atom is -0.497 e. The molecule has 1 N–H and O–H groups in total. The lowest BCUT2D eigenvalue weighted by molar-refractivity contribution is -0.118. The van der Waals surface area contributed by atoms with Gasteiger partial charge in [-0.1, -0.05) is 23.9 Å². The van der Waals surface area contributed by atoms with Crippen LogP contribution >= 0.6 is 23.1 Å². The van der Waals surface area contributed by atoms with Crippen molar-refractivity contribution < 1.29 is 9.53 Å². The summed E-state index contributed by atoms with van der Waals surface area (Å²) in [5, 5.41) is 12.5. The Balaban J connectivity index is 1.34. The third-order valence-corrected chi connectivity index (χ3v) is 5.95. The van der Waals surface area contributed by atoms with Gasteiger partial charge >= 0.3 is 0 Å². The number of amides is 1. The minimum atomic E-state index is -0.0754. The Kier molecular flexibility index (Phi) is 5.54. The quantitative estimate of drug-likeness (QED) is 0.470. The fourth-order valence-corrected chi connectivity index (χ4v) is 4.26. The van der Waals surface area contributed by atoms with Gasteiger partial charge in [-0.2, -0.15) is 0 Å². The number of carbonyl (C=O) groups excluding carboxylic acids is 1.